The minimum atomic E-state index is -1.68. The van der Waals surface area contributed by atoms with Gasteiger partial charge in [-0.05, 0) is 32.3 Å². The molecular formula is C20H28FN5O3. The number of halogens is 1. The highest BCUT2D eigenvalue weighted by Crippen LogP contribution is 2.38. The molecule has 3 aliphatic rings. The van der Waals surface area contributed by atoms with E-state index in [1.807, 2.05) is 4.90 Å². The minimum Gasteiger partial charge on any atom is -0.466 e. The van der Waals surface area contributed by atoms with E-state index < -0.39 is 5.67 Å². The number of anilines is 1. The van der Waals surface area contributed by atoms with E-state index in [1.54, 1.807) is 30.3 Å². The Hall–Kier alpha value is -2.29. The van der Waals surface area contributed by atoms with Crippen molar-refractivity contribution in [2.24, 2.45) is 5.92 Å². The zero-order valence-electron chi connectivity index (χ0n) is 16.8. The molecule has 1 amide bonds. The summed E-state index contributed by atoms with van der Waals surface area (Å²) in [6.07, 6.45) is 4.76. The topological polar surface area (TPSA) is 78.9 Å². The molecule has 2 atom stereocenters. The lowest BCUT2D eigenvalue weighted by atomic mass is 9.80. The molecule has 8 nitrogen and oxygen atoms in total. The first-order valence-electron chi connectivity index (χ1n) is 10.4. The van der Waals surface area contributed by atoms with Crippen LogP contribution in [0.4, 0.5) is 10.3 Å². The van der Waals surface area contributed by atoms with Crippen molar-refractivity contribution >= 4 is 17.8 Å². The molecule has 1 aromatic rings. The van der Waals surface area contributed by atoms with Crippen LogP contribution in [0.2, 0.25) is 0 Å². The largest absolute Gasteiger partial charge is 0.466 e. The van der Waals surface area contributed by atoms with Gasteiger partial charge in [-0.1, -0.05) is 0 Å². The summed E-state index contributed by atoms with van der Waals surface area (Å²) in [5.41, 5.74) is -1.68. The molecule has 0 spiro atoms. The summed E-state index contributed by atoms with van der Waals surface area (Å²) in [5.74, 6) is -0.389. The molecule has 3 heterocycles. The van der Waals surface area contributed by atoms with Crippen LogP contribution in [0.5, 0.6) is 0 Å². The van der Waals surface area contributed by atoms with Gasteiger partial charge in [0.1, 0.15) is 0 Å². The minimum absolute atomic E-state index is 0.0143. The van der Waals surface area contributed by atoms with Gasteiger partial charge in [-0.3, -0.25) is 14.5 Å². The Morgan fingerprint density at radius 2 is 1.93 bits per heavy atom. The van der Waals surface area contributed by atoms with Gasteiger partial charge in [0.15, 0.2) is 5.67 Å². The van der Waals surface area contributed by atoms with Crippen LogP contribution in [0, 0.1) is 5.92 Å². The van der Waals surface area contributed by atoms with Crippen LogP contribution in [-0.4, -0.2) is 89.2 Å². The quantitative estimate of drug-likeness (QED) is 0.688. The Kier molecular flexibility index (Phi) is 5.67. The van der Waals surface area contributed by atoms with Gasteiger partial charge >= 0.3 is 5.97 Å². The third kappa shape index (κ3) is 4.05. The number of rotatable bonds is 4. The molecule has 0 aromatic carbocycles. The van der Waals surface area contributed by atoms with Crippen molar-refractivity contribution in [2.75, 3.05) is 50.8 Å². The Balaban J connectivity index is 1.53. The van der Waals surface area contributed by atoms with E-state index in [-0.39, 0.29) is 23.8 Å². The van der Waals surface area contributed by atoms with E-state index in [0.717, 1.165) is 6.42 Å². The molecule has 9 heteroatoms. The Bertz CT molecular complexity index is 745. The molecule has 1 saturated carbocycles. The number of esters is 1. The fourth-order valence-electron chi connectivity index (χ4n) is 4.44. The van der Waals surface area contributed by atoms with E-state index in [2.05, 4.69) is 14.9 Å². The van der Waals surface area contributed by atoms with Crippen molar-refractivity contribution in [3.63, 3.8) is 0 Å². The van der Waals surface area contributed by atoms with Crippen LogP contribution >= 0.6 is 0 Å². The van der Waals surface area contributed by atoms with Crippen molar-refractivity contribution in [3.8, 4) is 0 Å². The normalized spacial score (nSPS) is 26.8. The zero-order chi connectivity index (χ0) is 20.4. The summed E-state index contributed by atoms with van der Waals surface area (Å²) >= 11 is 0. The molecule has 2 aliphatic heterocycles. The predicted molar refractivity (Wildman–Crippen MR) is 104 cm³/mol. The molecule has 0 radical (unpaired) electrons. The molecule has 0 unspecified atom stereocenters. The molecule has 0 N–H and O–H groups in total. The van der Waals surface area contributed by atoms with Crippen molar-refractivity contribution in [1.82, 2.24) is 19.8 Å². The third-order valence-corrected chi connectivity index (χ3v) is 6.20. The average molecular weight is 405 g/mol. The van der Waals surface area contributed by atoms with Gasteiger partial charge in [0.2, 0.25) is 5.95 Å². The average Bonchev–Trinajstić information content (AvgIpc) is 2.91. The molecule has 1 aromatic heterocycles. The van der Waals surface area contributed by atoms with Gasteiger partial charge in [-0.15, -0.1) is 0 Å². The molecule has 158 valence electrons. The highest BCUT2D eigenvalue weighted by atomic mass is 19.1. The summed E-state index contributed by atoms with van der Waals surface area (Å²) in [7, 11) is 0. The molecule has 29 heavy (non-hydrogen) atoms. The number of carbonyl (C=O) groups excluding carboxylic acids is 2. The van der Waals surface area contributed by atoms with E-state index in [4.69, 9.17) is 4.74 Å². The maximum absolute atomic E-state index is 14.7. The first kappa shape index (κ1) is 20.0. The highest BCUT2D eigenvalue weighted by Gasteiger charge is 2.48. The second-order valence-corrected chi connectivity index (χ2v) is 8.12. The number of amides is 1. The van der Waals surface area contributed by atoms with Crippen molar-refractivity contribution in [1.29, 1.82) is 0 Å². The Morgan fingerprint density at radius 3 is 2.59 bits per heavy atom. The summed E-state index contributed by atoms with van der Waals surface area (Å²) in [6, 6.07) is 1.73. The summed E-state index contributed by atoms with van der Waals surface area (Å²) in [6.45, 7) is 5.26. The van der Waals surface area contributed by atoms with Crippen LogP contribution in [0.3, 0.4) is 0 Å². The fourth-order valence-corrected chi connectivity index (χ4v) is 4.44. The molecule has 1 aliphatic carbocycles. The highest BCUT2D eigenvalue weighted by molar-refractivity contribution is 5.86. The van der Waals surface area contributed by atoms with Gasteiger partial charge in [0, 0.05) is 57.7 Å². The fraction of sp³-hybridized carbons (Fsp3) is 0.700. The van der Waals surface area contributed by atoms with Crippen LogP contribution in [-0.2, 0) is 14.3 Å². The van der Waals surface area contributed by atoms with Gasteiger partial charge in [-0.25, -0.2) is 14.4 Å². The number of piperazine rings is 1. The standard InChI is InChI=1S/C20H28FN5O3/c1-2-29-17(27)15-11-24-9-10-25(18(28)20(21)5-3-6-20)13-16(24)14-26(12-15)19-22-7-4-8-23-19/h4,7-8,15-16H,2-3,5-6,9-14H2,1H3/t15-,16-/m0/s1. The Labute approximate surface area is 170 Å². The number of ether oxygens (including phenoxy) is 1. The first-order chi connectivity index (χ1) is 14.0. The number of aromatic nitrogens is 2. The second-order valence-electron chi connectivity index (χ2n) is 8.12. The number of fused-ring (bicyclic) bond motifs is 1. The molecule has 4 rings (SSSR count). The van der Waals surface area contributed by atoms with Gasteiger partial charge in [0.05, 0.1) is 12.5 Å². The molecular weight excluding hydrogens is 377 g/mol. The van der Waals surface area contributed by atoms with Crippen LogP contribution in [0.1, 0.15) is 26.2 Å². The monoisotopic (exact) mass is 405 g/mol. The maximum Gasteiger partial charge on any atom is 0.312 e. The molecule has 2 saturated heterocycles. The number of hydrogen-bond donors (Lipinski definition) is 0. The van der Waals surface area contributed by atoms with Crippen molar-refractivity contribution in [2.45, 2.75) is 37.9 Å². The van der Waals surface area contributed by atoms with Crippen LogP contribution in [0.25, 0.3) is 0 Å². The zero-order valence-corrected chi connectivity index (χ0v) is 16.8. The second kappa shape index (κ2) is 8.22. The van der Waals surface area contributed by atoms with Gasteiger partial charge in [-0.2, -0.15) is 0 Å². The van der Waals surface area contributed by atoms with Crippen LogP contribution < -0.4 is 4.90 Å². The predicted octanol–water partition coefficient (Wildman–Crippen LogP) is 0.881. The number of nitrogens with zero attached hydrogens (tertiary/aromatic N) is 5. The summed E-state index contributed by atoms with van der Waals surface area (Å²) in [5, 5.41) is 0. The lowest BCUT2D eigenvalue weighted by Gasteiger charge is -2.44. The number of hydrogen-bond acceptors (Lipinski definition) is 7. The van der Waals surface area contributed by atoms with Gasteiger partial charge in [0.25, 0.3) is 5.91 Å². The Morgan fingerprint density at radius 1 is 1.17 bits per heavy atom. The van der Waals surface area contributed by atoms with E-state index in [0.29, 0.717) is 64.7 Å². The summed E-state index contributed by atoms with van der Waals surface area (Å²) in [4.78, 5) is 39.8. The molecule has 0 bridgehead atoms. The van der Waals surface area contributed by atoms with Crippen molar-refractivity contribution in [3.05, 3.63) is 18.5 Å². The smallest absolute Gasteiger partial charge is 0.312 e. The number of carbonyl (C=O) groups is 2. The first-order valence-corrected chi connectivity index (χ1v) is 10.4. The number of alkyl halides is 1. The SMILES string of the molecule is CCOC(=O)[C@@H]1CN(c2ncccn2)C[C@@H]2CN(C(=O)C3(F)CCC3)CCN2C1. The van der Waals surface area contributed by atoms with Crippen molar-refractivity contribution < 1.29 is 18.7 Å². The molecule has 3 fully saturated rings. The van der Waals surface area contributed by atoms with E-state index >= 15 is 0 Å². The lowest BCUT2D eigenvalue weighted by molar-refractivity contribution is -0.154. The summed E-state index contributed by atoms with van der Waals surface area (Å²) < 4.78 is 20.0. The van der Waals surface area contributed by atoms with Gasteiger partial charge < -0.3 is 14.5 Å². The van der Waals surface area contributed by atoms with Crippen LogP contribution in [0.15, 0.2) is 18.5 Å². The van der Waals surface area contributed by atoms with E-state index in [1.165, 1.54) is 0 Å². The third-order valence-electron chi connectivity index (χ3n) is 6.20. The lowest BCUT2D eigenvalue weighted by Crippen LogP contribution is -2.61. The van der Waals surface area contributed by atoms with E-state index in [9.17, 15) is 14.0 Å². The maximum atomic E-state index is 14.7.